The number of carbonyl (C=O) groups is 2. The summed E-state index contributed by atoms with van der Waals surface area (Å²) in [5.41, 5.74) is -0.404. The van der Waals surface area contributed by atoms with Crippen LogP contribution in [-0.2, 0) is 19.7 Å². The SMILES string of the molecule is CC(C)(C)C[C@@H]1N[C@@H](C(=O)OC(C)(C)C)[C@H](c2cc(F)cc(Cl)c2)[C@]12C(=O)Nc1cc(Cl)ccc12. The van der Waals surface area contributed by atoms with Gasteiger partial charge in [0.1, 0.15) is 22.9 Å². The third-order valence-electron chi connectivity index (χ3n) is 6.53. The minimum atomic E-state index is -1.22. The first kappa shape index (κ1) is 25.9. The Morgan fingerprint density at radius 1 is 1.06 bits per heavy atom. The molecule has 2 aromatic carbocycles. The fraction of sp³-hybridized carbons (Fsp3) is 0.481. The maximum absolute atomic E-state index is 14.6. The third-order valence-corrected chi connectivity index (χ3v) is 6.98. The fourth-order valence-electron chi connectivity index (χ4n) is 5.52. The summed E-state index contributed by atoms with van der Waals surface area (Å²) in [6, 6.07) is 8.06. The molecule has 1 spiro atoms. The zero-order valence-electron chi connectivity index (χ0n) is 20.8. The Morgan fingerprint density at radius 2 is 1.74 bits per heavy atom. The lowest BCUT2D eigenvalue weighted by Crippen LogP contribution is -2.49. The molecule has 2 aliphatic heterocycles. The first-order chi connectivity index (χ1) is 16.1. The molecule has 0 aliphatic carbocycles. The normalized spacial score (nSPS) is 26.1. The molecule has 188 valence electrons. The molecule has 2 N–H and O–H groups in total. The van der Waals surface area contributed by atoms with E-state index in [9.17, 15) is 14.0 Å². The quantitative estimate of drug-likeness (QED) is 0.471. The van der Waals surface area contributed by atoms with Gasteiger partial charge in [0.05, 0.1) is 0 Å². The molecule has 1 fully saturated rings. The molecule has 0 radical (unpaired) electrons. The average molecular weight is 521 g/mol. The number of carbonyl (C=O) groups excluding carboxylic acids is 2. The van der Waals surface area contributed by atoms with E-state index in [1.54, 1.807) is 39.0 Å². The fourth-order valence-corrected chi connectivity index (χ4v) is 5.92. The lowest BCUT2D eigenvalue weighted by Gasteiger charge is -2.37. The Kier molecular flexibility index (Phi) is 6.48. The molecule has 4 atom stereocenters. The second-order valence-corrected chi connectivity index (χ2v) is 12.6. The topological polar surface area (TPSA) is 67.4 Å². The van der Waals surface area contributed by atoms with Crippen LogP contribution in [0.1, 0.15) is 65.0 Å². The van der Waals surface area contributed by atoms with Gasteiger partial charge in [-0.1, -0.05) is 50.0 Å². The molecule has 0 saturated carbocycles. The number of amides is 1. The number of benzene rings is 2. The van der Waals surface area contributed by atoms with Gasteiger partial charge in [-0.25, -0.2) is 4.39 Å². The lowest BCUT2D eigenvalue weighted by atomic mass is 9.62. The van der Waals surface area contributed by atoms with Crippen molar-refractivity contribution in [1.29, 1.82) is 0 Å². The van der Waals surface area contributed by atoms with Gasteiger partial charge < -0.3 is 10.1 Å². The summed E-state index contributed by atoms with van der Waals surface area (Å²) < 4.78 is 20.4. The average Bonchev–Trinajstić information content (AvgIpc) is 3.14. The summed E-state index contributed by atoms with van der Waals surface area (Å²) >= 11 is 12.5. The van der Waals surface area contributed by atoms with Crippen LogP contribution in [0.25, 0.3) is 0 Å². The predicted molar refractivity (Wildman–Crippen MR) is 137 cm³/mol. The predicted octanol–water partition coefficient (Wildman–Crippen LogP) is 6.22. The van der Waals surface area contributed by atoms with Crippen LogP contribution >= 0.6 is 23.2 Å². The minimum absolute atomic E-state index is 0.187. The van der Waals surface area contributed by atoms with Crippen LogP contribution in [0.2, 0.25) is 10.0 Å². The van der Waals surface area contributed by atoms with Gasteiger partial charge in [0, 0.05) is 27.7 Å². The zero-order chi connectivity index (χ0) is 25.9. The van der Waals surface area contributed by atoms with Crippen LogP contribution in [0, 0.1) is 11.2 Å². The van der Waals surface area contributed by atoms with E-state index in [4.69, 9.17) is 27.9 Å². The van der Waals surface area contributed by atoms with Crippen LogP contribution < -0.4 is 10.6 Å². The van der Waals surface area contributed by atoms with Crippen LogP contribution in [0.3, 0.4) is 0 Å². The highest BCUT2D eigenvalue weighted by atomic mass is 35.5. The molecule has 2 aromatic rings. The second kappa shape index (κ2) is 8.75. The van der Waals surface area contributed by atoms with Crippen molar-refractivity contribution in [2.75, 3.05) is 5.32 Å². The van der Waals surface area contributed by atoms with Crippen molar-refractivity contribution in [1.82, 2.24) is 5.32 Å². The molecule has 2 heterocycles. The molecular weight excluding hydrogens is 490 g/mol. The highest BCUT2D eigenvalue weighted by Crippen LogP contribution is 2.57. The Hall–Kier alpha value is -2.15. The Labute approximate surface area is 215 Å². The largest absolute Gasteiger partial charge is 0.459 e. The molecular formula is C27H31Cl2FN2O3. The summed E-state index contributed by atoms with van der Waals surface area (Å²) in [5.74, 6) is -2.10. The van der Waals surface area contributed by atoms with Crippen molar-refractivity contribution in [2.45, 2.75) is 77.0 Å². The van der Waals surface area contributed by atoms with Crippen LogP contribution in [-0.4, -0.2) is 29.6 Å². The summed E-state index contributed by atoms with van der Waals surface area (Å²) in [5, 5.41) is 7.09. The van der Waals surface area contributed by atoms with Gasteiger partial charge in [-0.15, -0.1) is 0 Å². The first-order valence-electron chi connectivity index (χ1n) is 11.7. The van der Waals surface area contributed by atoms with Crippen LogP contribution in [0.15, 0.2) is 36.4 Å². The van der Waals surface area contributed by atoms with Crippen molar-refractivity contribution in [3.63, 3.8) is 0 Å². The number of anilines is 1. The van der Waals surface area contributed by atoms with Crippen LogP contribution in [0.4, 0.5) is 10.1 Å². The first-order valence-corrected chi connectivity index (χ1v) is 12.4. The van der Waals surface area contributed by atoms with E-state index < -0.39 is 40.8 Å². The zero-order valence-corrected chi connectivity index (χ0v) is 22.3. The monoisotopic (exact) mass is 520 g/mol. The van der Waals surface area contributed by atoms with E-state index in [0.29, 0.717) is 28.3 Å². The molecule has 1 amide bonds. The summed E-state index contributed by atoms with van der Waals surface area (Å²) in [7, 11) is 0. The number of rotatable bonds is 3. The molecule has 1 saturated heterocycles. The van der Waals surface area contributed by atoms with Gasteiger partial charge >= 0.3 is 5.97 Å². The minimum Gasteiger partial charge on any atom is -0.459 e. The van der Waals surface area contributed by atoms with Crippen molar-refractivity contribution < 1.29 is 18.7 Å². The molecule has 0 bridgehead atoms. The molecule has 0 aromatic heterocycles. The Bertz CT molecular complexity index is 1170. The van der Waals surface area contributed by atoms with E-state index in [1.165, 1.54) is 12.1 Å². The van der Waals surface area contributed by atoms with Crippen molar-refractivity contribution in [3.8, 4) is 0 Å². The van der Waals surface area contributed by atoms with E-state index in [-0.39, 0.29) is 16.3 Å². The number of ether oxygens (including phenoxy) is 1. The van der Waals surface area contributed by atoms with E-state index in [2.05, 4.69) is 31.4 Å². The van der Waals surface area contributed by atoms with Gasteiger partial charge in [0.25, 0.3) is 0 Å². The summed E-state index contributed by atoms with van der Waals surface area (Å²) in [6.07, 6.45) is 0.571. The van der Waals surface area contributed by atoms with Crippen LogP contribution in [0.5, 0.6) is 0 Å². The van der Waals surface area contributed by atoms with Crippen molar-refractivity contribution in [3.05, 3.63) is 63.4 Å². The Morgan fingerprint density at radius 3 is 2.34 bits per heavy atom. The van der Waals surface area contributed by atoms with Gasteiger partial charge in [-0.05, 0) is 74.1 Å². The molecule has 0 unspecified atom stereocenters. The number of hydrogen-bond acceptors (Lipinski definition) is 4. The van der Waals surface area contributed by atoms with E-state index in [0.717, 1.165) is 0 Å². The van der Waals surface area contributed by atoms with Gasteiger partial charge in [0.2, 0.25) is 5.91 Å². The highest BCUT2D eigenvalue weighted by molar-refractivity contribution is 6.31. The maximum atomic E-state index is 14.6. The van der Waals surface area contributed by atoms with E-state index >= 15 is 0 Å². The number of nitrogens with one attached hydrogen (secondary N) is 2. The molecule has 8 heteroatoms. The smallest absolute Gasteiger partial charge is 0.324 e. The molecule has 2 aliphatic rings. The lowest BCUT2D eigenvalue weighted by molar-refractivity contribution is -0.157. The number of esters is 1. The second-order valence-electron chi connectivity index (χ2n) is 11.7. The maximum Gasteiger partial charge on any atom is 0.324 e. The number of fused-ring (bicyclic) bond motifs is 2. The van der Waals surface area contributed by atoms with Gasteiger partial charge in [0.15, 0.2) is 0 Å². The van der Waals surface area contributed by atoms with E-state index in [1.807, 2.05) is 6.07 Å². The summed E-state index contributed by atoms with van der Waals surface area (Å²) in [4.78, 5) is 27.6. The highest BCUT2D eigenvalue weighted by Gasteiger charge is 2.66. The summed E-state index contributed by atoms with van der Waals surface area (Å²) in [6.45, 7) is 11.6. The number of halogens is 3. The number of hydrogen-bond donors (Lipinski definition) is 2. The Balaban J connectivity index is 2.00. The van der Waals surface area contributed by atoms with Gasteiger partial charge in [-0.2, -0.15) is 0 Å². The standard InChI is InChI=1S/C27H31Cl2FN2O3/c1-25(2,3)13-20-27(18-8-7-15(28)12-19(18)31-24(27)34)21(14-9-16(29)11-17(30)10-14)22(32-20)23(33)35-26(4,5)6/h7-12,20-22,32H,13H2,1-6H3,(H,31,34)/t20-,21-,22+,27+/m0/s1. The molecule has 4 rings (SSSR count). The molecule has 5 nitrogen and oxygen atoms in total. The van der Waals surface area contributed by atoms with Crippen molar-refractivity contribution in [2.24, 2.45) is 5.41 Å². The van der Waals surface area contributed by atoms with Gasteiger partial charge in [-0.3, -0.25) is 14.9 Å². The molecule has 35 heavy (non-hydrogen) atoms. The van der Waals surface area contributed by atoms with Crippen molar-refractivity contribution >= 4 is 40.8 Å². The third kappa shape index (κ3) is 4.81.